The summed E-state index contributed by atoms with van der Waals surface area (Å²) in [6, 6.07) is 0.362. The monoisotopic (exact) mass is 286 g/mol. The van der Waals surface area contributed by atoms with Crippen molar-refractivity contribution in [1.82, 2.24) is 19.8 Å². The summed E-state index contributed by atoms with van der Waals surface area (Å²) in [5.41, 5.74) is 0.560. The predicted octanol–water partition coefficient (Wildman–Crippen LogP) is 1.45. The molecule has 0 bridgehead atoms. The molecular weight excluding hydrogens is 264 g/mol. The van der Waals surface area contributed by atoms with Gasteiger partial charge in [-0.25, -0.2) is 4.98 Å². The molecule has 1 saturated heterocycles. The molecule has 0 atom stereocenters. The molecule has 0 spiro atoms. The third kappa shape index (κ3) is 3.94. The Morgan fingerprint density at radius 3 is 2.74 bits per heavy atom. The Kier molecular flexibility index (Phi) is 6.31. The average molecular weight is 287 g/mol. The maximum Gasteiger partial charge on any atom is 0.274 e. The van der Waals surface area contributed by atoms with E-state index in [0.29, 0.717) is 11.7 Å². The van der Waals surface area contributed by atoms with Crippen molar-refractivity contribution in [2.45, 2.75) is 32.2 Å². The van der Waals surface area contributed by atoms with E-state index in [1.165, 1.54) is 0 Å². The molecular formula is C13H23ClN4O. The van der Waals surface area contributed by atoms with Crippen molar-refractivity contribution in [3.05, 3.63) is 18.2 Å². The second-order valence-corrected chi connectivity index (χ2v) is 4.90. The molecule has 1 aromatic rings. The van der Waals surface area contributed by atoms with Gasteiger partial charge in [-0.3, -0.25) is 4.79 Å². The van der Waals surface area contributed by atoms with Crippen molar-refractivity contribution in [1.29, 1.82) is 0 Å². The van der Waals surface area contributed by atoms with Crippen LogP contribution in [0.4, 0.5) is 0 Å². The van der Waals surface area contributed by atoms with E-state index in [2.05, 4.69) is 17.2 Å². The minimum atomic E-state index is 0. The van der Waals surface area contributed by atoms with Crippen LogP contribution in [0.1, 0.15) is 36.7 Å². The third-order valence-electron chi connectivity index (χ3n) is 3.40. The molecule has 1 fully saturated rings. The van der Waals surface area contributed by atoms with Gasteiger partial charge in [0.2, 0.25) is 0 Å². The predicted molar refractivity (Wildman–Crippen MR) is 77.7 cm³/mol. The number of piperidine rings is 1. The Bertz CT molecular complexity index is 401. The normalized spacial score (nSPS) is 15.9. The van der Waals surface area contributed by atoms with Crippen LogP contribution in [-0.4, -0.2) is 46.0 Å². The van der Waals surface area contributed by atoms with Crippen LogP contribution < -0.4 is 5.32 Å². The standard InChI is InChI=1S/C13H22N4O.ClH/c1-3-8-17(11-4-6-14-7-5-11)13(18)12-9-16(2)10-15-12;/h9-11,14H,3-8H2,1-2H3;1H. The fraction of sp³-hybridized carbons (Fsp3) is 0.692. The van der Waals surface area contributed by atoms with Crippen molar-refractivity contribution >= 4 is 18.3 Å². The second-order valence-electron chi connectivity index (χ2n) is 4.90. The number of carbonyl (C=O) groups excluding carboxylic acids is 1. The zero-order chi connectivity index (χ0) is 13.0. The molecule has 0 aromatic carbocycles. The van der Waals surface area contributed by atoms with Crippen LogP contribution in [0, 0.1) is 0 Å². The number of aromatic nitrogens is 2. The molecule has 0 aliphatic carbocycles. The van der Waals surface area contributed by atoms with Crippen LogP contribution in [0.25, 0.3) is 0 Å². The van der Waals surface area contributed by atoms with Gasteiger partial charge < -0.3 is 14.8 Å². The van der Waals surface area contributed by atoms with Gasteiger partial charge in [-0.15, -0.1) is 12.4 Å². The molecule has 1 aliphatic rings. The number of halogens is 1. The topological polar surface area (TPSA) is 50.2 Å². The van der Waals surface area contributed by atoms with Gasteiger partial charge in [0.25, 0.3) is 5.91 Å². The Morgan fingerprint density at radius 1 is 1.53 bits per heavy atom. The zero-order valence-electron chi connectivity index (χ0n) is 11.6. The Hall–Kier alpha value is -1.07. The van der Waals surface area contributed by atoms with Crippen LogP contribution in [0.3, 0.4) is 0 Å². The lowest BCUT2D eigenvalue weighted by molar-refractivity contribution is 0.0637. The third-order valence-corrected chi connectivity index (χ3v) is 3.40. The first kappa shape index (κ1) is 16.0. The van der Waals surface area contributed by atoms with E-state index in [1.807, 2.05) is 16.5 Å². The quantitative estimate of drug-likeness (QED) is 0.911. The van der Waals surface area contributed by atoms with Crippen molar-refractivity contribution in [2.24, 2.45) is 7.05 Å². The lowest BCUT2D eigenvalue weighted by atomic mass is 10.0. The van der Waals surface area contributed by atoms with Crippen LogP contribution in [0.2, 0.25) is 0 Å². The summed E-state index contributed by atoms with van der Waals surface area (Å²) in [6.07, 6.45) is 6.55. The number of amides is 1. The fourth-order valence-corrected chi connectivity index (χ4v) is 2.48. The van der Waals surface area contributed by atoms with Crippen molar-refractivity contribution in [3.8, 4) is 0 Å². The number of rotatable bonds is 4. The minimum absolute atomic E-state index is 0. The highest BCUT2D eigenvalue weighted by Crippen LogP contribution is 2.15. The first-order valence-electron chi connectivity index (χ1n) is 6.72. The zero-order valence-corrected chi connectivity index (χ0v) is 12.4. The van der Waals surface area contributed by atoms with Gasteiger partial charge in [-0.2, -0.15) is 0 Å². The van der Waals surface area contributed by atoms with E-state index in [-0.39, 0.29) is 18.3 Å². The lowest BCUT2D eigenvalue weighted by Crippen LogP contribution is -2.46. The van der Waals surface area contributed by atoms with Gasteiger partial charge >= 0.3 is 0 Å². The maximum atomic E-state index is 12.5. The van der Waals surface area contributed by atoms with Gasteiger partial charge in [0.05, 0.1) is 6.33 Å². The smallest absolute Gasteiger partial charge is 0.274 e. The number of hydrogen-bond acceptors (Lipinski definition) is 3. The molecule has 1 aromatic heterocycles. The SMILES string of the molecule is CCCN(C(=O)c1cn(C)cn1)C1CCNCC1.Cl. The summed E-state index contributed by atoms with van der Waals surface area (Å²) in [4.78, 5) is 18.7. The van der Waals surface area contributed by atoms with Gasteiger partial charge in [0, 0.05) is 25.8 Å². The van der Waals surface area contributed by atoms with Gasteiger partial charge in [0.1, 0.15) is 5.69 Å². The van der Waals surface area contributed by atoms with E-state index in [1.54, 1.807) is 12.5 Å². The first-order valence-corrected chi connectivity index (χ1v) is 6.72. The lowest BCUT2D eigenvalue weighted by Gasteiger charge is -2.34. The Balaban J connectivity index is 0.00000180. The minimum Gasteiger partial charge on any atom is -0.340 e. The largest absolute Gasteiger partial charge is 0.340 e. The van der Waals surface area contributed by atoms with E-state index >= 15 is 0 Å². The highest BCUT2D eigenvalue weighted by Gasteiger charge is 2.26. The summed E-state index contributed by atoms with van der Waals surface area (Å²) in [5.74, 6) is 0.0735. The highest BCUT2D eigenvalue weighted by atomic mass is 35.5. The van der Waals surface area contributed by atoms with Crippen LogP contribution >= 0.6 is 12.4 Å². The summed E-state index contributed by atoms with van der Waals surface area (Å²) < 4.78 is 1.82. The summed E-state index contributed by atoms with van der Waals surface area (Å²) in [6.45, 7) is 4.93. The average Bonchev–Trinajstić information content (AvgIpc) is 2.83. The molecule has 2 rings (SSSR count). The maximum absolute atomic E-state index is 12.5. The molecule has 1 amide bonds. The molecule has 108 valence electrons. The molecule has 0 radical (unpaired) electrons. The van der Waals surface area contributed by atoms with Crippen LogP contribution in [0.15, 0.2) is 12.5 Å². The molecule has 5 nitrogen and oxygen atoms in total. The fourth-order valence-electron chi connectivity index (χ4n) is 2.48. The number of aryl methyl sites for hydroxylation is 1. The number of carbonyl (C=O) groups is 1. The summed E-state index contributed by atoms with van der Waals surface area (Å²) in [5, 5.41) is 3.34. The number of hydrogen-bond donors (Lipinski definition) is 1. The first-order chi connectivity index (χ1) is 8.72. The molecule has 0 saturated carbocycles. The van der Waals surface area contributed by atoms with Crippen molar-refractivity contribution in [2.75, 3.05) is 19.6 Å². The van der Waals surface area contributed by atoms with Gasteiger partial charge in [-0.1, -0.05) is 6.92 Å². The van der Waals surface area contributed by atoms with E-state index < -0.39 is 0 Å². The molecule has 1 aliphatic heterocycles. The van der Waals surface area contributed by atoms with Gasteiger partial charge in [-0.05, 0) is 32.4 Å². The Morgan fingerprint density at radius 2 is 2.21 bits per heavy atom. The molecule has 1 N–H and O–H groups in total. The van der Waals surface area contributed by atoms with Crippen molar-refractivity contribution < 1.29 is 4.79 Å². The highest BCUT2D eigenvalue weighted by molar-refractivity contribution is 5.92. The van der Waals surface area contributed by atoms with Crippen molar-refractivity contribution in [3.63, 3.8) is 0 Å². The number of nitrogens with zero attached hydrogens (tertiary/aromatic N) is 3. The van der Waals surface area contributed by atoms with Crippen LogP contribution in [0.5, 0.6) is 0 Å². The molecule has 2 heterocycles. The number of imidazole rings is 1. The Labute approximate surface area is 120 Å². The van der Waals surface area contributed by atoms with Crippen LogP contribution in [-0.2, 0) is 7.05 Å². The summed E-state index contributed by atoms with van der Waals surface area (Å²) in [7, 11) is 1.89. The summed E-state index contributed by atoms with van der Waals surface area (Å²) >= 11 is 0. The molecule has 0 unspecified atom stereocenters. The van der Waals surface area contributed by atoms with E-state index in [4.69, 9.17) is 0 Å². The van der Waals surface area contributed by atoms with E-state index in [0.717, 1.165) is 38.9 Å². The molecule has 6 heteroatoms. The van der Waals surface area contributed by atoms with E-state index in [9.17, 15) is 4.79 Å². The van der Waals surface area contributed by atoms with Gasteiger partial charge in [0.15, 0.2) is 0 Å². The number of nitrogens with one attached hydrogen (secondary N) is 1. The molecule has 19 heavy (non-hydrogen) atoms. The second kappa shape index (κ2) is 7.50.